The van der Waals surface area contributed by atoms with Gasteiger partial charge in [-0.3, -0.25) is 0 Å². The summed E-state index contributed by atoms with van der Waals surface area (Å²) in [5.41, 5.74) is 7.03. The van der Waals surface area contributed by atoms with Gasteiger partial charge in [0, 0.05) is 18.7 Å². The highest BCUT2D eigenvalue weighted by molar-refractivity contribution is 7.88. The van der Waals surface area contributed by atoms with Crippen LogP contribution in [-0.4, -0.2) is 30.8 Å². The second kappa shape index (κ2) is 7.87. The van der Waals surface area contributed by atoms with E-state index < -0.39 is 10.0 Å². The van der Waals surface area contributed by atoms with Gasteiger partial charge in [-0.25, -0.2) is 12.7 Å². The molecule has 0 spiro atoms. The average molecular weight is 329 g/mol. The molecule has 0 fully saturated rings. The minimum atomic E-state index is -3.29. The van der Waals surface area contributed by atoms with Crippen molar-refractivity contribution in [3.63, 3.8) is 0 Å². The Morgan fingerprint density at radius 3 is 2.29 bits per heavy atom. The second-order valence-corrected chi connectivity index (χ2v) is 7.69. The molecular formula is C15H24N2O2S2. The molecule has 1 rings (SSSR count). The summed E-state index contributed by atoms with van der Waals surface area (Å²) in [5.74, 6) is 0.367. The maximum absolute atomic E-state index is 12.5. The topological polar surface area (TPSA) is 63.4 Å². The Balaban J connectivity index is 2.85. The van der Waals surface area contributed by atoms with Crippen LogP contribution >= 0.6 is 12.2 Å². The molecule has 0 saturated carbocycles. The third-order valence-corrected chi connectivity index (χ3v) is 5.67. The van der Waals surface area contributed by atoms with Crippen LogP contribution in [0.2, 0.25) is 0 Å². The lowest BCUT2D eigenvalue weighted by molar-refractivity contribution is 0.361. The highest BCUT2D eigenvalue weighted by Gasteiger charge is 2.22. The zero-order valence-corrected chi connectivity index (χ0v) is 14.5. The van der Waals surface area contributed by atoms with Crippen LogP contribution in [0.25, 0.3) is 0 Å². The monoisotopic (exact) mass is 328 g/mol. The van der Waals surface area contributed by atoms with Gasteiger partial charge < -0.3 is 5.73 Å². The molecule has 0 amide bonds. The third kappa shape index (κ3) is 5.37. The highest BCUT2D eigenvalue weighted by Crippen LogP contribution is 2.15. The summed E-state index contributed by atoms with van der Waals surface area (Å²) in [6, 6.07) is 7.06. The molecule has 1 atom stereocenters. The normalized spacial score (nSPS) is 13.3. The van der Waals surface area contributed by atoms with Crippen LogP contribution in [0, 0.1) is 5.92 Å². The number of hydrogen-bond acceptors (Lipinski definition) is 3. The van der Waals surface area contributed by atoms with Crippen molar-refractivity contribution >= 4 is 27.2 Å². The molecule has 0 aromatic heterocycles. The van der Waals surface area contributed by atoms with Crippen LogP contribution in [0.4, 0.5) is 0 Å². The molecule has 4 nitrogen and oxygen atoms in total. The number of nitrogens with two attached hydrogens (primary N) is 1. The molecule has 118 valence electrons. The van der Waals surface area contributed by atoms with Crippen molar-refractivity contribution < 1.29 is 8.42 Å². The molecule has 21 heavy (non-hydrogen) atoms. The van der Waals surface area contributed by atoms with E-state index in [2.05, 4.69) is 13.8 Å². The number of thiocarbonyl (C=S) groups is 1. The van der Waals surface area contributed by atoms with Crippen LogP contribution in [0.1, 0.15) is 38.3 Å². The molecule has 1 unspecified atom stereocenters. The van der Waals surface area contributed by atoms with Gasteiger partial charge in [-0.05, 0) is 11.5 Å². The van der Waals surface area contributed by atoms with E-state index in [9.17, 15) is 8.42 Å². The molecule has 2 N–H and O–H groups in total. The lowest BCUT2D eigenvalue weighted by Crippen LogP contribution is -2.35. The summed E-state index contributed by atoms with van der Waals surface area (Å²) in [6.45, 7) is 7.07. The molecule has 1 aromatic carbocycles. The van der Waals surface area contributed by atoms with Crippen molar-refractivity contribution in [2.45, 2.75) is 32.9 Å². The number of benzene rings is 1. The predicted octanol–water partition coefficient (Wildman–Crippen LogP) is 2.52. The van der Waals surface area contributed by atoms with E-state index in [-0.39, 0.29) is 5.75 Å². The fraction of sp³-hybridized carbons (Fsp3) is 0.533. The van der Waals surface area contributed by atoms with E-state index in [4.69, 9.17) is 18.0 Å². The molecular weight excluding hydrogens is 304 g/mol. The Hall–Kier alpha value is -0.980. The van der Waals surface area contributed by atoms with Crippen LogP contribution < -0.4 is 5.73 Å². The quantitative estimate of drug-likeness (QED) is 0.745. The smallest absolute Gasteiger partial charge is 0.218 e. The first-order valence-electron chi connectivity index (χ1n) is 7.16. The first-order chi connectivity index (χ1) is 9.80. The fourth-order valence-corrected chi connectivity index (χ4v) is 3.79. The van der Waals surface area contributed by atoms with Gasteiger partial charge in [0.1, 0.15) is 4.99 Å². The molecule has 0 saturated heterocycles. The molecule has 0 aliphatic carbocycles. The molecule has 0 aliphatic rings. The zero-order valence-electron chi connectivity index (χ0n) is 12.9. The van der Waals surface area contributed by atoms with Crippen LogP contribution in [0.15, 0.2) is 24.3 Å². The number of nitrogens with zero attached hydrogens (tertiary/aromatic N) is 1. The van der Waals surface area contributed by atoms with Crippen molar-refractivity contribution in [3.8, 4) is 0 Å². The van der Waals surface area contributed by atoms with Gasteiger partial charge in [-0.2, -0.15) is 0 Å². The van der Waals surface area contributed by atoms with Crippen molar-refractivity contribution in [3.05, 3.63) is 35.4 Å². The van der Waals surface area contributed by atoms with E-state index in [1.807, 2.05) is 6.92 Å². The van der Waals surface area contributed by atoms with Gasteiger partial charge in [0.2, 0.25) is 10.0 Å². The van der Waals surface area contributed by atoms with Gasteiger partial charge in [0.05, 0.1) is 5.75 Å². The standard InChI is InChI=1S/C15H24N2O2S2/c1-4-12(3)10-17(5-2)21(18,19)11-13-6-8-14(9-7-13)15(16)20/h6-9,12H,4-5,10-11H2,1-3H3,(H2,16,20). The van der Waals surface area contributed by atoms with Crippen molar-refractivity contribution in [1.82, 2.24) is 4.31 Å². The number of rotatable bonds is 8. The van der Waals surface area contributed by atoms with Crippen molar-refractivity contribution in [2.24, 2.45) is 11.7 Å². The van der Waals surface area contributed by atoms with Crippen molar-refractivity contribution in [2.75, 3.05) is 13.1 Å². The van der Waals surface area contributed by atoms with E-state index in [1.165, 1.54) is 0 Å². The molecule has 0 bridgehead atoms. The molecule has 6 heteroatoms. The molecule has 1 aromatic rings. The van der Waals surface area contributed by atoms with Crippen LogP contribution in [0.5, 0.6) is 0 Å². The Kier molecular flexibility index (Phi) is 6.77. The first kappa shape index (κ1) is 18.1. The first-order valence-corrected chi connectivity index (χ1v) is 9.18. The number of hydrogen-bond donors (Lipinski definition) is 1. The van der Waals surface area contributed by atoms with Gasteiger partial charge >= 0.3 is 0 Å². The summed E-state index contributed by atoms with van der Waals surface area (Å²) in [6.07, 6.45) is 0.967. The summed E-state index contributed by atoms with van der Waals surface area (Å²) < 4.78 is 26.5. The summed E-state index contributed by atoms with van der Waals surface area (Å²) >= 11 is 4.89. The minimum Gasteiger partial charge on any atom is -0.389 e. The second-order valence-electron chi connectivity index (χ2n) is 5.28. The zero-order chi connectivity index (χ0) is 16.0. The lowest BCUT2D eigenvalue weighted by atomic mass is 10.1. The number of sulfonamides is 1. The summed E-state index contributed by atoms with van der Waals surface area (Å²) in [7, 11) is -3.29. The maximum Gasteiger partial charge on any atom is 0.218 e. The molecule has 0 aliphatic heterocycles. The Bertz CT molecular complexity index is 568. The van der Waals surface area contributed by atoms with Crippen molar-refractivity contribution in [1.29, 1.82) is 0 Å². The summed E-state index contributed by atoms with van der Waals surface area (Å²) in [4.78, 5) is 0.316. The van der Waals surface area contributed by atoms with Crippen LogP contribution in [-0.2, 0) is 15.8 Å². The van der Waals surface area contributed by atoms with E-state index in [1.54, 1.807) is 28.6 Å². The van der Waals surface area contributed by atoms with Gasteiger partial charge in [0.15, 0.2) is 0 Å². The van der Waals surface area contributed by atoms with Gasteiger partial charge in [-0.1, -0.05) is 63.7 Å². The van der Waals surface area contributed by atoms with Gasteiger partial charge in [-0.15, -0.1) is 0 Å². The Labute approximate surface area is 133 Å². The third-order valence-electron chi connectivity index (χ3n) is 3.55. The Morgan fingerprint density at radius 2 is 1.86 bits per heavy atom. The van der Waals surface area contributed by atoms with Gasteiger partial charge in [0.25, 0.3) is 0 Å². The maximum atomic E-state index is 12.5. The SMILES string of the molecule is CCC(C)CN(CC)S(=O)(=O)Cc1ccc(C(N)=S)cc1. The Morgan fingerprint density at radius 1 is 1.29 bits per heavy atom. The average Bonchev–Trinajstić information content (AvgIpc) is 2.44. The fourth-order valence-electron chi connectivity index (χ4n) is 1.98. The summed E-state index contributed by atoms with van der Waals surface area (Å²) in [5, 5.41) is 0. The minimum absolute atomic E-state index is 0.00882. The predicted molar refractivity (Wildman–Crippen MR) is 91.7 cm³/mol. The van der Waals surface area contributed by atoms with E-state index in [0.717, 1.165) is 17.5 Å². The van der Waals surface area contributed by atoms with Crippen LogP contribution in [0.3, 0.4) is 0 Å². The van der Waals surface area contributed by atoms with E-state index >= 15 is 0 Å². The highest BCUT2D eigenvalue weighted by atomic mass is 32.2. The molecule has 0 heterocycles. The molecule has 0 radical (unpaired) electrons. The largest absolute Gasteiger partial charge is 0.389 e. The lowest BCUT2D eigenvalue weighted by Gasteiger charge is -2.23. The van der Waals surface area contributed by atoms with E-state index in [0.29, 0.717) is 24.0 Å².